The van der Waals surface area contributed by atoms with Gasteiger partial charge in [-0.1, -0.05) is 18.2 Å². The average Bonchev–Trinajstić information content (AvgIpc) is 3.43. The Morgan fingerprint density at radius 2 is 1.63 bits per heavy atom. The molecule has 3 aliphatic carbocycles. The van der Waals surface area contributed by atoms with Crippen LogP contribution < -0.4 is 0 Å². The molecule has 4 heteroatoms. The quantitative estimate of drug-likeness (QED) is 0.576. The van der Waals surface area contributed by atoms with E-state index in [1.54, 1.807) is 6.92 Å². The van der Waals surface area contributed by atoms with Gasteiger partial charge < -0.3 is 4.74 Å². The Morgan fingerprint density at radius 3 is 2.19 bits per heavy atom. The fourth-order valence-corrected chi connectivity index (χ4v) is 3.28. The monoisotopic (exact) mass is 399 g/mol. The molecule has 0 aromatic heterocycles. The van der Waals surface area contributed by atoms with E-state index < -0.39 is 11.4 Å². The van der Waals surface area contributed by atoms with E-state index in [0.717, 1.165) is 22.6 Å². The van der Waals surface area contributed by atoms with Gasteiger partial charge in [0, 0.05) is 18.8 Å². The molecule has 0 spiro atoms. The van der Waals surface area contributed by atoms with Crippen LogP contribution in [0.15, 0.2) is 18.2 Å². The molecular formula is C23H21FeNO2+2. The van der Waals surface area contributed by atoms with Crippen LogP contribution in [0.4, 0.5) is 0 Å². The van der Waals surface area contributed by atoms with Crippen molar-refractivity contribution in [3.63, 3.8) is 0 Å². The van der Waals surface area contributed by atoms with Crippen molar-refractivity contribution < 1.29 is 26.6 Å². The van der Waals surface area contributed by atoms with E-state index in [4.69, 9.17) is 4.74 Å². The van der Waals surface area contributed by atoms with Gasteiger partial charge in [0.1, 0.15) is 0 Å². The number of carbonyl (C=O) groups is 1. The standard InChI is InChI=1S/C18H16NO2.C5H5.Fe/c1-2-21-17(20)18(12-19)10-15-8-7-14(9-16(15)11-18)13-5-3-4-6-13;1-2-4-5-3-1;/h3-9H,2,10-11H2,1H3;1-5H;/q;;+2. The summed E-state index contributed by atoms with van der Waals surface area (Å²) in [6.45, 7) is 2.07. The van der Waals surface area contributed by atoms with E-state index in [1.807, 2.05) is 57.1 Å². The number of esters is 1. The summed E-state index contributed by atoms with van der Waals surface area (Å²) < 4.78 is 5.09. The van der Waals surface area contributed by atoms with Crippen LogP contribution in [0.2, 0.25) is 0 Å². The smallest absolute Gasteiger partial charge is 0.465 e. The van der Waals surface area contributed by atoms with Gasteiger partial charge in [0.25, 0.3) is 0 Å². The Bertz CT molecular complexity index is 664. The molecular weight excluding hydrogens is 378 g/mol. The topological polar surface area (TPSA) is 50.1 Å². The molecule has 0 heterocycles. The van der Waals surface area contributed by atoms with Gasteiger partial charge in [0.05, 0.1) is 12.7 Å². The molecule has 136 valence electrons. The maximum absolute atomic E-state index is 12.1. The number of nitrogens with zero attached hydrogens (tertiary/aromatic N) is 1. The number of benzene rings is 1. The Hall–Kier alpha value is -1.30. The molecule has 0 saturated heterocycles. The molecule has 3 aliphatic rings. The van der Waals surface area contributed by atoms with Gasteiger partial charge in [-0.2, -0.15) is 5.26 Å². The third kappa shape index (κ3) is 5.15. The van der Waals surface area contributed by atoms with Gasteiger partial charge in [-0.25, -0.2) is 0 Å². The second kappa shape index (κ2) is 10.3. The molecule has 10 radical (unpaired) electrons. The van der Waals surface area contributed by atoms with Crippen LogP contribution in [0.5, 0.6) is 0 Å². The molecule has 1 atom stereocenters. The zero-order valence-corrected chi connectivity index (χ0v) is 16.3. The molecule has 0 aliphatic heterocycles. The number of rotatable bonds is 3. The normalized spacial score (nSPS) is 23.6. The first-order valence-corrected chi connectivity index (χ1v) is 8.77. The van der Waals surface area contributed by atoms with Crippen LogP contribution in [-0.4, -0.2) is 12.6 Å². The number of hydrogen-bond donors (Lipinski definition) is 0. The third-order valence-corrected chi connectivity index (χ3v) is 4.62. The number of fused-ring (bicyclic) bond motifs is 1. The molecule has 1 aromatic carbocycles. The summed E-state index contributed by atoms with van der Waals surface area (Å²) >= 11 is 0. The van der Waals surface area contributed by atoms with Crippen LogP contribution in [-0.2, 0) is 39.4 Å². The molecule has 2 saturated carbocycles. The van der Waals surface area contributed by atoms with Crippen LogP contribution in [0.1, 0.15) is 23.6 Å². The Morgan fingerprint density at radius 1 is 1.04 bits per heavy atom. The van der Waals surface area contributed by atoms with E-state index in [0.29, 0.717) is 19.4 Å². The minimum atomic E-state index is -1.05. The first-order valence-electron chi connectivity index (χ1n) is 8.77. The first kappa shape index (κ1) is 22.0. The minimum absolute atomic E-state index is 0. The number of ether oxygens (including phenoxy) is 1. The predicted octanol–water partition coefficient (Wildman–Crippen LogP) is 3.63. The molecule has 3 nitrogen and oxygen atoms in total. The minimum Gasteiger partial charge on any atom is -0.465 e. The predicted molar refractivity (Wildman–Crippen MR) is 99.6 cm³/mol. The van der Waals surface area contributed by atoms with Crippen LogP contribution >= 0.6 is 0 Å². The van der Waals surface area contributed by atoms with Gasteiger partial charge >= 0.3 is 23.0 Å². The van der Waals surface area contributed by atoms with E-state index in [-0.39, 0.29) is 17.1 Å². The van der Waals surface area contributed by atoms with Gasteiger partial charge in [0.15, 0.2) is 5.41 Å². The van der Waals surface area contributed by atoms with Crippen LogP contribution in [0.25, 0.3) is 0 Å². The Balaban J connectivity index is 0.000000379. The number of nitriles is 1. The molecule has 2 fully saturated rings. The fraction of sp³-hybridized carbons (Fsp3) is 0.217. The molecule has 0 amide bonds. The van der Waals surface area contributed by atoms with Crippen LogP contribution in [0, 0.1) is 80.5 Å². The van der Waals surface area contributed by atoms with Gasteiger partial charge in [-0.3, -0.25) is 4.79 Å². The first-order chi connectivity index (χ1) is 12.7. The summed E-state index contributed by atoms with van der Waals surface area (Å²) in [5.74, 6) is 0.752. The van der Waals surface area contributed by atoms with Crippen molar-refractivity contribution in [3.8, 4) is 6.07 Å². The summed E-state index contributed by atoms with van der Waals surface area (Å²) in [5, 5.41) is 9.49. The van der Waals surface area contributed by atoms with E-state index in [1.165, 1.54) is 0 Å². The zero-order chi connectivity index (χ0) is 18.4. The van der Waals surface area contributed by atoms with Crippen molar-refractivity contribution in [2.75, 3.05) is 6.61 Å². The summed E-state index contributed by atoms with van der Waals surface area (Å²) in [7, 11) is 0. The van der Waals surface area contributed by atoms with Crippen molar-refractivity contribution in [1.29, 1.82) is 5.26 Å². The van der Waals surface area contributed by atoms with Crippen molar-refractivity contribution >= 4 is 5.97 Å². The van der Waals surface area contributed by atoms with Gasteiger partial charge in [-0.15, -0.1) is 0 Å². The number of hydrogen-bond acceptors (Lipinski definition) is 3. The summed E-state index contributed by atoms with van der Waals surface area (Å²) in [4.78, 5) is 12.1. The molecule has 1 aromatic rings. The second-order valence-electron chi connectivity index (χ2n) is 6.39. The van der Waals surface area contributed by atoms with Crippen molar-refractivity contribution in [2.24, 2.45) is 5.41 Å². The maximum Gasteiger partial charge on any atom is 2.00 e. The van der Waals surface area contributed by atoms with E-state index >= 15 is 0 Å². The number of carbonyl (C=O) groups excluding carboxylic acids is 1. The van der Waals surface area contributed by atoms with E-state index in [2.05, 4.69) is 25.0 Å². The Kier molecular flexibility index (Phi) is 8.39. The maximum atomic E-state index is 12.1. The fourth-order valence-electron chi connectivity index (χ4n) is 3.28. The summed E-state index contributed by atoms with van der Waals surface area (Å²) in [5.41, 5.74) is 2.21. The van der Waals surface area contributed by atoms with Crippen molar-refractivity contribution in [3.05, 3.63) is 98.6 Å². The van der Waals surface area contributed by atoms with E-state index in [9.17, 15) is 10.1 Å². The third-order valence-electron chi connectivity index (χ3n) is 4.62. The van der Waals surface area contributed by atoms with Gasteiger partial charge in [0.2, 0.25) is 0 Å². The zero-order valence-electron chi connectivity index (χ0n) is 15.2. The Labute approximate surface area is 174 Å². The molecule has 0 bridgehead atoms. The summed E-state index contributed by atoms with van der Waals surface area (Å²) in [6, 6.07) is 8.35. The molecule has 1 unspecified atom stereocenters. The average molecular weight is 399 g/mol. The van der Waals surface area contributed by atoms with Crippen molar-refractivity contribution in [1.82, 2.24) is 0 Å². The summed E-state index contributed by atoms with van der Waals surface area (Å²) in [6.07, 6.45) is 19.0. The molecule has 4 rings (SSSR count). The molecule has 27 heavy (non-hydrogen) atoms. The molecule has 0 N–H and O–H groups in total. The van der Waals surface area contributed by atoms with Gasteiger partial charge in [-0.05, 0) is 81.4 Å². The van der Waals surface area contributed by atoms with Crippen molar-refractivity contribution in [2.45, 2.75) is 19.8 Å². The van der Waals surface area contributed by atoms with Crippen LogP contribution in [0.3, 0.4) is 0 Å². The second-order valence-corrected chi connectivity index (χ2v) is 6.39. The largest absolute Gasteiger partial charge is 2.00 e. The SMILES string of the molecule is CCOC(=O)C1(C#N)Cc2ccc([C]3[CH][CH][CH][CH]3)cc2C1.[CH]1[CH][CH][CH][CH]1.[Fe+2].